The van der Waals surface area contributed by atoms with Crippen LogP contribution in [0.5, 0.6) is 0 Å². The highest BCUT2D eigenvalue weighted by molar-refractivity contribution is 5.97. The fraction of sp³-hybridized carbons (Fsp3) is 0.667. The fourth-order valence-electron chi connectivity index (χ4n) is 1.21. The molecule has 0 saturated heterocycles. The minimum absolute atomic E-state index is 0.971. The molecule has 0 unspecified atom stereocenters. The fourth-order valence-corrected chi connectivity index (χ4v) is 1.21. The highest BCUT2D eigenvalue weighted by Crippen LogP contribution is 2.07. The van der Waals surface area contributed by atoms with Gasteiger partial charge in [-0.05, 0) is 19.8 Å². The first-order chi connectivity index (χ1) is 5.22. The molecule has 2 nitrogen and oxygen atoms in total. The van der Waals surface area contributed by atoms with E-state index < -0.39 is 0 Å². The molecule has 2 heteroatoms. The van der Waals surface area contributed by atoms with Gasteiger partial charge in [-0.1, -0.05) is 6.58 Å². The Morgan fingerprint density at radius 1 is 1.45 bits per heavy atom. The first-order valence-electron chi connectivity index (χ1n) is 4.13. The summed E-state index contributed by atoms with van der Waals surface area (Å²) >= 11 is 0. The number of rotatable bonds is 0. The Bertz CT molecular complexity index is 182. The van der Waals surface area contributed by atoms with Gasteiger partial charge in [0.2, 0.25) is 0 Å². The molecule has 1 heterocycles. The van der Waals surface area contributed by atoms with Crippen molar-refractivity contribution in [1.29, 1.82) is 0 Å². The third-order valence-electron chi connectivity index (χ3n) is 2.13. The lowest BCUT2D eigenvalue weighted by atomic mass is 10.2. The molecular weight excluding hydrogens is 136 g/mol. The van der Waals surface area contributed by atoms with E-state index in [-0.39, 0.29) is 0 Å². The predicted octanol–water partition coefficient (Wildman–Crippen LogP) is 1.69. The van der Waals surface area contributed by atoms with Gasteiger partial charge in [0.05, 0.1) is 11.4 Å². The van der Waals surface area contributed by atoms with E-state index in [0.717, 1.165) is 24.5 Å². The standard InChI is InChI=1S/C9H16N2/c1-8-9(2)11(3)7-5-4-6-10-8/h2,4-7H2,1,3H3. The molecule has 0 radical (unpaired) electrons. The minimum atomic E-state index is 0.971. The Hall–Kier alpha value is -0.790. The van der Waals surface area contributed by atoms with Crippen LogP contribution in [-0.2, 0) is 0 Å². The number of hydrogen-bond donors (Lipinski definition) is 0. The summed E-state index contributed by atoms with van der Waals surface area (Å²) in [5.41, 5.74) is 2.16. The Labute approximate surface area is 68.6 Å². The summed E-state index contributed by atoms with van der Waals surface area (Å²) < 4.78 is 0. The highest BCUT2D eigenvalue weighted by Gasteiger charge is 2.06. The van der Waals surface area contributed by atoms with Crippen molar-refractivity contribution in [3.8, 4) is 0 Å². The maximum Gasteiger partial charge on any atom is 0.0544 e. The smallest absolute Gasteiger partial charge is 0.0544 e. The normalized spacial score (nSPS) is 20.7. The van der Waals surface area contributed by atoms with Crippen molar-refractivity contribution in [2.45, 2.75) is 19.8 Å². The van der Waals surface area contributed by atoms with E-state index >= 15 is 0 Å². The van der Waals surface area contributed by atoms with Gasteiger partial charge in [-0.2, -0.15) is 0 Å². The quantitative estimate of drug-likeness (QED) is 0.515. The molecule has 1 rings (SSSR count). The summed E-state index contributed by atoms with van der Waals surface area (Å²) in [6.45, 7) is 8.09. The van der Waals surface area contributed by atoms with Crippen LogP contribution in [0.2, 0.25) is 0 Å². The molecule has 0 aliphatic carbocycles. The monoisotopic (exact) mass is 152 g/mol. The van der Waals surface area contributed by atoms with Crippen LogP contribution in [0.1, 0.15) is 19.8 Å². The van der Waals surface area contributed by atoms with Gasteiger partial charge >= 0.3 is 0 Å². The van der Waals surface area contributed by atoms with E-state index in [9.17, 15) is 0 Å². The molecule has 0 N–H and O–H groups in total. The van der Waals surface area contributed by atoms with Crippen LogP contribution in [0.3, 0.4) is 0 Å². The largest absolute Gasteiger partial charge is 0.374 e. The maximum atomic E-state index is 4.39. The lowest BCUT2D eigenvalue weighted by Crippen LogP contribution is -2.24. The van der Waals surface area contributed by atoms with Gasteiger partial charge in [0.1, 0.15) is 0 Å². The lowest BCUT2D eigenvalue weighted by Gasteiger charge is -2.23. The van der Waals surface area contributed by atoms with E-state index in [4.69, 9.17) is 0 Å². The van der Waals surface area contributed by atoms with Crippen LogP contribution in [0.25, 0.3) is 0 Å². The average Bonchev–Trinajstić information content (AvgIpc) is 2.00. The van der Waals surface area contributed by atoms with Gasteiger partial charge in [-0.15, -0.1) is 0 Å². The van der Waals surface area contributed by atoms with Crippen molar-refractivity contribution < 1.29 is 0 Å². The van der Waals surface area contributed by atoms with Crippen molar-refractivity contribution >= 4 is 5.71 Å². The minimum Gasteiger partial charge on any atom is -0.374 e. The second-order valence-corrected chi connectivity index (χ2v) is 3.04. The molecule has 0 fully saturated rings. The molecule has 1 aliphatic rings. The summed E-state index contributed by atoms with van der Waals surface area (Å²) in [4.78, 5) is 6.57. The zero-order valence-electron chi connectivity index (χ0n) is 7.43. The van der Waals surface area contributed by atoms with Crippen molar-refractivity contribution in [1.82, 2.24) is 4.90 Å². The lowest BCUT2D eigenvalue weighted by molar-refractivity contribution is 0.417. The SMILES string of the molecule is C=C1C(C)=NCCCCN1C. The van der Waals surface area contributed by atoms with Crippen LogP contribution in [-0.4, -0.2) is 30.7 Å². The van der Waals surface area contributed by atoms with E-state index in [0.29, 0.717) is 0 Å². The van der Waals surface area contributed by atoms with Crippen LogP contribution in [0, 0.1) is 0 Å². The summed E-state index contributed by atoms with van der Waals surface area (Å²) in [7, 11) is 2.08. The molecule has 0 amide bonds. The summed E-state index contributed by atoms with van der Waals surface area (Å²) in [6, 6.07) is 0. The molecule has 0 aromatic heterocycles. The second-order valence-electron chi connectivity index (χ2n) is 3.04. The van der Waals surface area contributed by atoms with Gasteiger partial charge < -0.3 is 4.90 Å². The third-order valence-corrected chi connectivity index (χ3v) is 2.13. The molecule has 0 aromatic carbocycles. The first kappa shape index (κ1) is 8.31. The van der Waals surface area contributed by atoms with Crippen molar-refractivity contribution in [2.24, 2.45) is 4.99 Å². The Morgan fingerprint density at radius 3 is 2.91 bits per heavy atom. The Kier molecular flexibility index (Phi) is 2.69. The summed E-state index contributed by atoms with van der Waals surface area (Å²) in [6.07, 6.45) is 2.43. The summed E-state index contributed by atoms with van der Waals surface area (Å²) in [5.74, 6) is 0. The molecule has 11 heavy (non-hydrogen) atoms. The van der Waals surface area contributed by atoms with Gasteiger partial charge in [-0.25, -0.2) is 0 Å². The van der Waals surface area contributed by atoms with Gasteiger partial charge in [0.25, 0.3) is 0 Å². The highest BCUT2D eigenvalue weighted by atomic mass is 15.1. The Balaban J connectivity index is 2.69. The molecule has 0 spiro atoms. The molecule has 1 aliphatic heterocycles. The maximum absolute atomic E-state index is 4.39. The zero-order chi connectivity index (χ0) is 8.27. The average molecular weight is 152 g/mol. The van der Waals surface area contributed by atoms with Gasteiger partial charge in [0, 0.05) is 20.1 Å². The van der Waals surface area contributed by atoms with Crippen LogP contribution >= 0.6 is 0 Å². The number of hydrogen-bond acceptors (Lipinski definition) is 2. The van der Waals surface area contributed by atoms with E-state index in [1.165, 1.54) is 12.8 Å². The van der Waals surface area contributed by atoms with Crippen LogP contribution in [0.15, 0.2) is 17.3 Å². The third kappa shape index (κ3) is 2.07. The predicted molar refractivity (Wildman–Crippen MR) is 49.0 cm³/mol. The van der Waals surface area contributed by atoms with Crippen LogP contribution in [0.4, 0.5) is 0 Å². The van der Waals surface area contributed by atoms with E-state index in [2.05, 4.69) is 23.5 Å². The number of aliphatic imine (C=N–C) groups is 1. The number of nitrogens with zero attached hydrogens (tertiary/aromatic N) is 2. The molecular formula is C9H16N2. The van der Waals surface area contributed by atoms with Crippen molar-refractivity contribution in [2.75, 3.05) is 20.1 Å². The number of allylic oxidation sites excluding steroid dienone is 1. The first-order valence-corrected chi connectivity index (χ1v) is 4.13. The molecule has 0 saturated carbocycles. The molecule has 62 valence electrons. The zero-order valence-corrected chi connectivity index (χ0v) is 7.43. The molecule has 0 aromatic rings. The Morgan fingerprint density at radius 2 is 2.18 bits per heavy atom. The topological polar surface area (TPSA) is 15.6 Å². The molecule has 0 atom stereocenters. The van der Waals surface area contributed by atoms with E-state index in [1.807, 2.05) is 6.92 Å². The van der Waals surface area contributed by atoms with Crippen molar-refractivity contribution in [3.63, 3.8) is 0 Å². The van der Waals surface area contributed by atoms with Gasteiger partial charge in [-0.3, -0.25) is 4.99 Å². The summed E-state index contributed by atoms with van der Waals surface area (Å²) in [5, 5.41) is 0. The molecule has 0 bridgehead atoms. The second kappa shape index (κ2) is 3.56. The van der Waals surface area contributed by atoms with E-state index in [1.54, 1.807) is 0 Å². The van der Waals surface area contributed by atoms with Crippen molar-refractivity contribution in [3.05, 3.63) is 12.3 Å². The van der Waals surface area contributed by atoms with Gasteiger partial charge in [0.15, 0.2) is 0 Å². The van der Waals surface area contributed by atoms with Crippen LogP contribution < -0.4 is 0 Å².